The Morgan fingerprint density at radius 1 is 0.554 bits per heavy atom. The van der Waals surface area contributed by atoms with E-state index in [-0.39, 0.29) is 46.0 Å². The largest absolute Gasteiger partial charge is 0.478 e. The van der Waals surface area contributed by atoms with Gasteiger partial charge in [0.25, 0.3) is 5.91 Å². The van der Waals surface area contributed by atoms with Gasteiger partial charge in [-0.05, 0) is 122 Å². The van der Waals surface area contributed by atoms with E-state index in [4.69, 9.17) is 4.74 Å². The second kappa shape index (κ2) is 17.5. The lowest BCUT2D eigenvalue weighted by molar-refractivity contribution is 0.0683. The fourth-order valence-electron chi connectivity index (χ4n) is 8.27. The van der Waals surface area contributed by atoms with Crippen LogP contribution in [0, 0.1) is 6.92 Å². The molecule has 8 aromatic carbocycles. The monoisotopic (exact) mass is 855 g/mol. The number of anilines is 4. The second-order valence-corrected chi connectivity index (χ2v) is 15.5. The molecule has 0 radical (unpaired) electrons. The van der Waals surface area contributed by atoms with Crippen LogP contribution in [-0.4, -0.2) is 38.4 Å². The Bertz CT molecular complexity index is 3270. The molecule has 0 aliphatic rings. The number of aromatic nitrogens is 1. The maximum atomic E-state index is 13.8. The molecule has 9 rings (SSSR count). The molecule has 1 heterocycles. The number of carboxylic acid groups (broad SMARTS) is 2. The number of hydrogen-bond donors (Lipinski definition) is 3. The first kappa shape index (κ1) is 41.6. The van der Waals surface area contributed by atoms with Crippen LogP contribution in [0.1, 0.15) is 60.3 Å². The van der Waals surface area contributed by atoms with Crippen LogP contribution in [0.15, 0.2) is 182 Å². The number of carbonyl (C=O) groups is 4. The van der Waals surface area contributed by atoms with E-state index in [0.717, 1.165) is 61.2 Å². The van der Waals surface area contributed by atoms with Gasteiger partial charge in [0.1, 0.15) is 11.5 Å². The van der Waals surface area contributed by atoms with Gasteiger partial charge in [0, 0.05) is 51.1 Å². The van der Waals surface area contributed by atoms with E-state index in [1.165, 1.54) is 36.4 Å². The van der Waals surface area contributed by atoms with Gasteiger partial charge in [-0.15, -0.1) is 0 Å². The molecule has 0 spiro atoms. The molecule has 0 aliphatic heterocycles. The number of carbonyl (C=O) groups excluding carboxylic acids is 2. The Kier molecular flexibility index (Phi) is 11.2. The summed E-state index contributed by atoms with van der Waals surface area (Å²) in [5.74, 6) is -3.49. The average molecular weight is 856 g/mol. The van der Waals surface area contributed by atoms with Crippen LogP contribution >= 0.6 is 0 Å². The predicted molar refractivity (Wildman–Crippen MR) is 255 cm³/mol. The number of nitrogens with one attached hydrogen (secondary N) is 1. The summed E-state index contributed by atoms with van der Waals surface area (Å²) in [5.41, 5.74) is 8.98. The van der Waals surface area contributed by atoms with E-state index >= 15 is 0 Å². The van der Waals surface area contributed by atoms with E-state index < -0.39 is 17.8 Å². The summed E-state index contributed by atoms with van der Waals surface area (Å²) in [7, 11) is 0. The second-order valence-electron chi connectivity index (χ2n) is 15.5. The lowest BCUT2D eigenvalue weighted by Gasteiger charge is -2.25. The first-order valence-corrected chi connectivity index (χ1v) is 21.0. The van der Waals surface area contributed by atoms with E-state index in [1.54, 1.807) is 13.0 Å². The van der Waals surface area contributed by atoms with Gasteiger partial charge in [0.05, 0.1) is 33.4 Å². The highest BCUT2D eigenvalue weighted by Gasteiger charge is 2.22. The molecule has 65 heavy (non-hydrogen) atoms. The first-order chi connectivity index (χ1) is 31.6. The predicted octanol–water partition coefficient (Wildman–Crippen LogP) is 13.3. The number of ketones is 1. The minimum Gasteiger partial charge on any atom is -0.478 e. The highest BCUT2D eigenvalue weighted by molar-refractivity contribution is 6.14. The third kappa shape index (κ3) is 8.19. The third-order valence-electron chi connectivity index (χ3n) is 11.3. The Morgan fingerprint density at radius 2 is 1.09 bits per heavy atom. The Hall–Kier alpha value is -8.76. The molecule has 10 nitrogen and oxygen atoms in total. The highest BCUT2D eigenvalue weighted by Crippen LogP contribution is 2.40. The summed E-state index contributed by atoms with van der Waals surface area (Å²) in [5, 5.41) is 24.7. The van der Waals surface area contributed by atoms with Crippen molar-refractivity contribution in [3.05, 3.63) is 210 Å². The van der Waals surface area contributed by atoms with Crippen molar-refractivity contribution in [2.24, 2.45) is 0 Å². The molecule has 0 unspecified atom stereocenters. The summed E-state index contributed by atoms with van der Waals surface area (Å²) in [6, 6.07) is 57.4. The van der Waals surface area contributed by atoms with Gasteiger partial charge in [0.2, 0.25) is 0 Å². The molecule has 318 valence electrons. The maximum Gasteiger partial charge on any atom is 0.336 e. The minimum atomic E-state index is -1.36. The smallest absolute Gasteiger partial charge is 0.336 e. The standard InChI is InChI=1S/C55H41N3O7/c1-3-52(59)43-26-24-40(32-47(43)54(61)62)65-41-25-27-44(48(33-41)55(63)64)53(60)56-36-21-29-51-46(31-36)45-30-34(2)18-28-50(45)58(51)49-17-11-10-16-42(49)35-19-22-39(23-20-35)57(37-12-6-4-7-13-37)38-14-8-5-9-15-38/h4-33H,3H2,1-2H3,(H,56,60)(H,61,62)(H,63,64). The number of Topliss-reactive ketones (excluding diaryl/α,β-unsaturated/α-hetero) is 1. The molecule has 0 aliphatic carbocycles. The topological polar surface area (TPSA) is 138 Å². The number of amides is 1. The maximum absolute atomic E-state index is 13.8. The van der Waals surface area contributed by atoms with Crippen LogP contribution in [0.5, 0.6) is 11.5 Å². The van der Waals surface area contributed by atoms with Crippen molar-refractivity contribution in [2.45, 2.75) is 20.3 Å². The van der Waals surface area contributed by atoms with Crippen LogP contribution in [0.2, 0.25) is 0 Å². The number of hydrogen-bond acceptors (Lipinski definition) is 6. The number of carboxylic acids is 2. The van der Waals surface area contributed by atoms with Crippen LogP contribution in [0.3, 0.4) is 0 Å². The van der Waals surface area contributed by atoms with E-state index in [9.17, 15) is 29.4 Å². The van der Waals surface area contributed by atoms with Gasteiger partial charge in [-0.1, -0.05) is 85.3 Å². The summed E-state index contributed by atoms with van der Waals surface area (Å²) >= 11 is 0. The molecule has 9 aromatic rings. The lowest BCUT2D eigenvalue weighted by atomic mass is 10.0. The van der Waals surface area contributed by atoms with Crippen molar-refractivity contribution in [2.75, 3.05) is 10.2 Å². The molecule has 0 bridgehead atoms. The number of para-hydroxylation sites is 3. The van der Waals surface area contributed by atoms with Gasteiger partial charge in [0.15, 0.2) is 5.78 Å². The van der Waals surface area contributed by atoms with Crippen molar-refractivity contribution in [3.8, 4) is 28.3 Å². The zero-order chi connectivity index (χ0) is 45.2. The Labute approximate surface area is 374 Å². The van der Waals surface area contributed by atoms with Crippen molar-refractivity contribution in [1.29, 1.82) is 0 Å². The molecule has 1 amide bonds. The number of aryl methyl sites for hydroxylation is 1. The summed E-state index contributed by atoms with van der Waals surface area (Å²) < 4.78 is 8.06. The quantitative estimate of drug-likeness (QED) is 0.0975. The first-order valence-electron chi connectivity index (χ1n) is 21.0. The molecule has 0 atom stereocenters. The number of aromatic carboxylic acids is 2. The number of benzene rings is 8. The van der Waals surface area contributed by atoms with Gasteiger partial charge in [-0.3, -0.25) is 9.59 Å². The zero-order valence-electron chi connectivity index (χ0n) is 35.4. The van der Waals surface area contributed by atoms with Crippen molar-refractivity contribution in [1.82, 2.24) is 4.57 Å². The van der Waals surface area contributed by atoms with Crippen LogP contribution in [0.25, 0.3) is 38.6 Å². The molecule has 0 fully saturated rings. The molecule has 0 saturated carbocycles. The molecule has 3 N–H and O–H groups in total. The van der Waals surface area contributed by atoms with Crippen LogP contribution < -0.4 is 15.0 Å². The van der Waals surface area contributed by atoms with E-state index in [0.29, 0.717) is 5.69 Å². The van der Waals surface area contributed by atoms with E-state index in [2.05, 4.69) is 93.6 Å². The summed E-state index contributed by atoms with van der Waals surface area (Å²) in [6.07, 6.45) is 0.124. The average Bonchev–Trinajstić information content (AvgIpc) is 3.64. The lowest BCUT2D eigenvalue weighted by Crippen LogP contribution is -2.16. The number of ether oxygens (including phenoxy) is 1. The third-order valence-corrected chi connectivity index (χ3v) is 11.3. The molecular weight excluding hydrogens is 815 g/mol. The van der Waals surface area contributed by atoms with E-state index in [1.807, 2.05) is 67.6 Å². The zero-order valence-corrected chi connectivity index (χ0v) is 35.4. The van der Waals surface area contributed by atoms with Gasteiger partial charge in [-0.2, -0.15) is 0 Å². The van der Waals surface area contributed by atoms with Crippen LogP contribution in [0.4, 0.5) is 22.7 Å². The van der Waals surface area contributed by atoms with Crippen LogP contribution in [-0.2, 0) is 0 Å². The Morgan fingerprint density at radius 3 is 1.71 bits per heavy atom. The SMILES string of the molecule is CCC(=O)c1ccc(Oc2ccc(C(=O)Nc3ccc4c(c3)c3cc(C)ccc3n4-c3ccccc3-c3ccc(N(c4ccccc4)c4ccccc4)cc3)c(C(=O)O)c2)cc1C(=O)O. The highest BCUT2D eigenvalue weighted by atomic mass is 16.5. The minimum absolute atomic E-state index is 0.0464. The van der Waals surface area contributed by atoms with Crippen molar-refractivity contribution in [3.63, 3.8) is 0 Å². The number of nitrogens with zero attached hydrogens (tertiary/aromatic N) is 2. The summed E-state index contributed by atoms with van der Waals surface area (Å²) in [4.78, 5) is 52.8. The number of rotatable bonds is 13. The van der Waals surface area contributed by atoms with Crippen molar-refractivity contribution < 1.29 is 34.1 Å². The Balaban J connectivity index is 1.04. The van der Waals surface area contributed by atoms with Gasteiger partial charge >= 0.3 is 11.9 Å². The van der Waals surface area contributed by atoms with Gasteiger partial charge in [-0.25, -0.2) is 9.59 Å². The summed E-state index contributed by atoms with van der Waals surface area (Å²) in [6.45, 7) is 3.67. The fourth-order valence-corrected chi connectivity index (χ4v) is 8.27. The van der Waals surface area contributed by atoms with Crippen molar-refractivity contribution >= 4 is 68.2 Å². The number of fused-ring (bicyclic) bond motifs is 3. The van der Waals surface area contributed by atoms with Gasteiger partial charge < -0.3 is 29.7 Å². The normalized spacial score (nSPS) is 11.0. The molecule has 1 aromatic heterocycles. The fraction of sp³-hybridized carbons (Fsp3) is 0.0545. The molecular formula is C55H41N3O7. The molecule has 10 heteroatoms. The molecule has 0 saturated heterocycles.